The fourth-order valence-electron chi connectivity index (χ4n) is 1.80. The molecule has 6 heteroatoms. The number of thiazole rings is 1. The van der Waals surface area contributed by atoms with Gasteiger partial charge >= 0.3 is 0 Å². The lowest BCUT2D eigenvalue weighted by molar-refractivity contribution is 0.712. The van der Waals surface area contributed by atoms with E-state index >= 15 is 0 Å². The van der Waals surface area contributed by atoms with E-state index in [9.17, 15) is 0 Å². The van der Waals surface area contributed by atoms with Gasteiger partial charge in [-0.1, -0.05) is 0 Å². The summed E-state index contributed by atoms with van der Waals surface area (Å²) >= 11 is 1.60. The molecule has 4 N–H and O–H groups in total. The minimum absolute atomic E-state index is 0.504. The smallest absolute Gasteiger partial charge is 0.153 e. The van der Waals surface area contributed by atoms with E-state index < -0.39 is 0 Å². The van der Waals surface area contributed by atoms with E-state index in [2.05, 4.69) is 10.1 Å². The van der Waals surface area contributed by atoms with E-state index in [4.69, 9.17) is 11.5 Å². The molecule has 0 radical (unpaired) electrons. The Morgan fingerprint density at radius 1 is 1.29 bits per heavy atom. The Morgan fingerprint density at radius 2 is 2.18 bits per heavy atom. The first kappa shape index (κ1) is 10.1. The summed E-state index contributed by atoms with van der Waals surface area (Å²) in [5, 5.41) is 8.15. The third kappa shape index (κ3) is 1.72. The number of rotatable bonds is 2. The molecule has 0 amide bonds. The van der Waals surface area contributed by atoms with Crippen molar-refractivity contribution >= 4 is 33.7 Å². The Morgan fingerprint density at radius 3 is 2.94 bits per heavy atom. The number of nitrogen functional groups attached to an aromatic ring is 2. The summed E-state index contributed by atoms with van der Waals surface area (Å²) in [6, 6.07) is 5.62. The summed E-state index contributed by atoms with van der Waals surface area (Å²) in [7, 11) is 0. The van der Waals surface area contributed by atoms with Crippen LogP contribution in [-0.4, -0.2) is 14.8 Å². The van der Waals surface area contributed by atoms with Gasteiger partial charge in [0.2, 0.25) is 0 Å². The van der Waals surface area contributed by atoms with E-state index in [-0.39, 0.29) is 0 Å². The number of fused-ring (bicyclic) bond motifs is 1. The first-order valence-corrected chi connectivity index (χ1v) is 6.02. The predicted octanol–water partition coefficient (Wildman–Crippen LogP) is 1.71. The van der Waals surface area contributed by atoms with Gasteiger partial charge in [0.25, 0.3) is 0 Å². The van der Waals surface area contributed by atoms with Crippen LogP contribution in [0.3, 0.4) is 0 Å². The number of nitrogens with two attached hydrogens (primary N) is 2. The molecular formula is C11H11N5S. The first-order valence-electron chi connectivity index (χ1n) is 5.14. The van der Waals surface area contributed by atoms with Gasteiger partial charge in [0.15, 0.2) is 5.82 Å². The minimum Gasteiger partial charge on any atom is -0.399 e. The maximum Gasteiger partial charge on any atom is 0.153 e. The Labute approximate surface area is 102 Å². The Kier molecular flexibility index (Phi) is 2.22. The average Bonchev–Trinajstić information content (AvgIpc) is 2.89. The molecule has 0 spiro atoms. The van der Waals surface area contributed by atoms with Crippen LogP contribution in [0.4, 0.5) is 11.5 Å². The molecule has 2 heterocycles. The van der Waals surface area contributed by atoms with E-state index in [1.165, 1.54) is 0 Å². The largest absolute Gasteiger partial charge is 0.399 e. The van der Waals surface area contributed by atoms with Crippen LogP contribution in [0.1, 0.15) is 5.01 Å². The molecule has 0 fully saturated rings. The summed E-state index contributed by atoms with van der Waals surface area (Å²) in [6.45, 7) is 0.634. The lowest BCUT2D eigenvalue weighted by Gasteiger charge is -2.00. The molecule has 2 aromatic heterocycles. The van der Waals surface area contributed by atoms with Gasteiger partial charge < -0.3 is 11.5 Å². The SMILES string of the molecule is Nc1ccc2c(c1)c(N)nn2Cc1nccs1. The molecule has 0 bridgehead atoms. The van der Waals surface area contributed by atoms with Gasteiger partial charge in [-0.05, 0) is 18.2 Å². The van der Waals surface area contributed by atoms with E-state index in [0.29, 0.717) is 18.1 Å². The van der Waals surface area contributed by atoms with Gasteiger partial charge in [0, 0.05) is 22.7 Å². The maximum atomic E-state index is 5.87. The third-order valence-corrected chi connectivity index (χ3v) is 3.34. The second-order valence-electron chi connectivity index (χ2n) is 3.75. The van der Waals surface area contributed by atoms with Gasteiger partial charge in [-0.25, -0.2) is 4.98 Å². The van der Waals surface area contributed by atoms with Gasteiger partial charge in [-0.2, -0.15) is 5.10 Å². The molecule has 86 valence electrons. The van der Waals surface area contributed by atoms with E-state index in [0.717, 1.165) is 15.9 Å². The fourth-order valence-corrected chi connectivity index (χ4v) is 2.40. The Hall–Kier alpha value is -2.08. The van der Waals surface area contributed by atoms with E-state index in [1.54, 1.807) is 17.5 Å². The summed E-state index contributed by atoms with van der Waals surface area (Å²) < 4.78 is 1.85. The Balaban J connectivity index is 2.11. The lowest BCUT2D eigenvalue weighted by atomic mass is 10.2. The zero-order valence-corrected chi connectivity index (χ0v) is 9.81. The zero-order chi connectivity index (χ0) is 11.8. The van der Waals surface area contributed by atoms with Crippen molar-refractivity contribution in [3.8, 4) is 0 Å². The van der Waals surface area contributed by atoms with Crippen molar-refractivity contribution < 1.29 is 0 Å². The number of nitrogens with zero attached hydrogens (tertiary/aromatic N) is 3. The van der Waals surface area contributed by atoms with Crippen LogP contribution in [0.25, 0.3) is 10.9 Å². The molecule has 0 saturated heterocycles. The Bertz CT molecular complexity index is 656. The highest BCUT2D eigenvalue weighted by molar-refractivity contribution is 7.09. The van der Waals surface area contributed by atoms with Crippen molar-refractivity contribution in [1.29, 1.82) is 0 Å². The molecule has 17 heavy (non-hydrogen) atoms. The van der Waals surface area contributed by atoms with Crippen molar-refractivity contribution in [1.82, 2.24) is 14.8 Å². The van der Waals surface area contributed by atoms with Gasteiger partial charge in [-0.15, -0.1) is 11.3 Å². The highest BCUT2D eigenvalue weighted by Crippen LogP contribution is 2.23. The van der Waals surface area contributed by atoms with Crippen LogP contribution in [0.2, 0.25) is 0 Å². The highest BCUT2D eigenvalue weighted by Gasteiger charge is 2.09. The molecule has 0 unspecified atom stereocenters. The monoisotopic (exact) mass is 245 g/mol. The van der Waals surface area contributed by atoms with Gasteiger partial charge in [0.1, 0.15) is 5.01 Å². The molecule has 0 aliphatic rings. The van der Waals surface area contributed by atoms with Gasteiger partial charge in [0.05, 0.1) is 12.1 Å². The highest BCUT2D eigenvalue weighted by atomic mass is 32.1. The van der Waals surface area contributed by atoms with Crippen molar-refractivity contribution in [3.05, 3.63) is 34.8 Å². The fraction of sp³-hybridized carbons (Fsp3) is 0.0909. The lowest BCUT2D eigenvalue weighted by Crippen LogP contribution is -2.01. The summed E-state index contributed by atoms with van der Waals surface area (Å²) in [5.41, 5.74) is 13.3. The quantitative estimate of drug-likeness (QED) is 0.673. The number of hydrogen-bond donors (Lipinski definition) is 2. The van der Waals surface area contributed by atoms with Crippen LogP contribution in [0.5, 0.6) is 0 Å². The minimum atomic E-state index is 0.504. The molecule has 1 aromatic carbocycles. The molecule has 0 atom stereocenters. The second kappa shape index (κ2) is 3.74. The van der Waals surface area contributed by atoms with E-state index in [1.807, 2.05) is 28.3 Å². The van der Waals surface area contributed by atoms with Crippen LogP contribution in [0.15, 0.2) is 29.8 Å². The predicted molar refractivity (Wildman–Crippen MR) is 69.8 cm³/mol. The zero-order valence-electron chi connectivity index (χ0n) is 9.00. The van der Waals surface area contributed by atoms with Gasteiger partial charge in [-0.3, -0.25) is 4.68 Å². The van der Waals surface area contributed by atoms with Crippen LogP contribution < -0.4 is 11.5 Å². The number of aromatic nitrogens is 3. The van der Waals surface area contributed by atoms with Crippen LogP contribution in [0, 0.1) is 0 Å². The van der Waals surface area contributed by atoms with Crippen molar-refractivity contribution in [3.63, 3.8) is 0 Å². The normalized spacial score (nSPS) is 11.1. The van der Waals surface area contributed by atoms with Crippen LogP contribution in [-0.2, 0) is 6.54 Å². The number of hydrogen-bond acceptors (Lipinski definition) is 5. The molecule has 3 aromatic rings. The van der Waals surface area contributed by atoms with Crippen molar-refractivity contribution in [2.24, 2.45) is 0 Å². The maximum absolute atomic E-state index is 5.87. The standard InChI is InChI=1S/C11H11N5S/c12-7-1-2-9-8(5-7)11(13)15-16(9)6-10-14-3-4-17-10/h1-5H,6,12H2,(H2,13,15). The topological polar surface area (TPSA) is 82.8 Å². The summed E-state index contributed by atoms with van der Waals surface area (Å²) in [5.74, 6) is 0.504. The molecular weight excluding hydrogens is 234 g/mol. The molecule has 0 aliphatic carbocycles. The summed E-state index contributed by atoms with van der Waals surface area (Å²) in [4.78, 5) is 4.24. The number of anilines is 2. The van der Waals surface area contributed by atoms with Crippen LogP contribution >= 0.6 is 11.3 Å². The first-order chi connectivity index (χ1) is 8.24. The second-order valence-corrected chi connectivity index (χ2v) is 4.72. The molecule has 0 saturated carbocycles. The number of benzene rings is 1. The average molecular weight is 245 g/mol. The molecule has 0 aliphatic heterocycles. The van der Waals surface area contributed by atoms with Crippen molar-refractivity contribution in [2.45, 2.75) is 6.54 Å². The molecule has 3 rings (SSSR count). The summed E-state index contributed by atoms with van der Waals surface area (Å²) in [6.07, 6.45) is 1.78. The third-order valence-electron chi connectivity index (χ3n) is 2.57. The van der Waals surface area contributed by atoms with Crippen molar-refractivity contribution in [2.75, 3.05) is 11.5 Å². The molecule has 5 nitrogen and oxygen atoms in total.